The zero-order valence-corrected chi connectivity index (χ0v) is 10.1. The van der Waals surface area contributed by atoms with Gasteiger partial charge in [-0.05, 0) is 37.8 Å². The molecule has 0 aliphatic rings. The molecule has 1 aromatic carbocycles. The summed E-state index contributed by atoms with van der Waals surface area (Å²) in [7, 11) is 0. The van der Waals surface area contributed by atoms with E-state index in [1.807, 2.05) is 24.3 Å². The zero-order chi connectivity index (χ0) is 11.8. The van der Waals surface area contributed by atoms with Crippen molar-refractivity contribution in [3.8, 4) is 0 Å². The van der Waals surface area contributed by atoms with E-state index < -0.39 is 0 Å². The lowest BCUT2D eigenvalue weighted by molar-refractivity contribution is 0.343. The third-order valence-electron chi connectivity index (χ3n) is 2.45. The van der Waals surface area contributed by atoms with Gasteiger partial charge < -0.3 is 5.11 Å². The molecule has 0 saturated heterocycles. The summed E-state index contributed by atoms with van der Waals surface area (Å²) < 4.78 is 0. The number of hydrogen-bond acceptors (Lipinski definition) is 1. The lowest BCUT2D eigenvalue weighted by atomic mass is 10.0. The van der Waals surface area contributed by atoms with Gasteiger partial charge in [-0.15, -0.1) is 0 Å². The quantitative estimate of drug-likeness (QED) is 0.742. The normalized spacial score (nSPS) is 11.3. The van der Waals surface area contributed by atoms with Crippen molar-refractivity contribution in [3.05, 3.63) is 53.6 Å². The fourth-order valence-corrected chi connectivity index (χ4v) is 1.64. The molecule has 0 atom stereocenters. The molecule has 0 amide bonds. The summed E-state index contributed by atoms with van der Waals surface area (Å²) in [6.45, 7) is 4.33. The first kappa shape index (κ1) is 12.7. The van der Waals surface area contributed by atoms with Crippen LogP contribution in [0.1, 0.15) is 32.3 Å². The molecule has 0 spiro atoms. The average molecular weight is 216 g/mol. The molecule has 0 bridgehead atoms. The van der Waals surface area contributed by atoms with Gasteiger partial charge in [-0.25, -0.2) is 0 Å². The largest absolute Gasteiger partial charge is 0.392 e. The Hall–Kier alpha value is -1.34. The van der Waals surface area contributed by atoms with E-state index in [9.17, 15) is 0 Å². The van der Waals surface area contributed by atoms with Crippen LogP contribution in [-0.4, -0.2) is 11.7 Å². The van der Waals surface area contributed by atoms with Crippen LogP contribution < -0.4 is 0 Å². The maximum Gasteiger partial charge on any atom is 0.0618 e. The average Bonchev–Trinajstić information content (AvgIpc) is 2.29. The predicted octanol–water partition coefficient (Wildman–Crippen LogP) is 3.81. The molecular formula is C15H20O. The molecule has 1 N–H and O–H groups in total. The van der Waals surface area contributed by atoms with Crippen molar-refractivity contribution in [1.82, 2.24) is 0 Å². The van der Waals surface area contributed by atoms with E-state index in [0.29, 0.717) is 0 Å². The Bertz CT molecular complexity index is 356. The molecule has 0 aliphatic carbocycles. The molecule has 0 saturated carbocycles. The van der Waals surface area contributed by atoms with Gasteiger partial charge in [0.25, 0.3) is 0 Å². The van der Waals surface area contributed by atoms with Crippen LogP contribution in [0.5, 0.6) is 0 Å². The first-order valence-corrected chi connectivity index (χ1v) is 5.72. The van der Waals surface area contributed by atoms with Gasteiger partial charge in [-0.2, -0.15) is 0 Å². The highest BCUT2D eigenvalue weighted by Crippen LogP contribution is 2.19. The number of aliphatic hydroxyl groups excluding tert-OH is 1. The third kappa shape index (κ3) is 4.45. The summed E-state index contributed by atoms with van der Waals surface area (Å²) >= 11 is 0. The van der Waals surface area contributed by atoms with E-state index in [-0.39, 0.29) is 6.61 Å². The molecule has 0 radical (unpaired) electrons. The number of allylic oxidation sites excluding steroid dienone is 3. The molecule has 0 unspecified atom stereocenters. The Morgan fingerprint density at radius 1 is 1.12 bits per heavy atom. The second kappa shape index (κ2) is 7.02. The van der Waals surface area contributed by atoms with Crippen LogP contribution >= 0.6 is 0 Å². The standard InChI is InChI=1S/C15H20O/c1-13(2)7-6-10-15(11-12-16)14-8-4-3-5-9-14/h3-5,7-9,11,16H,6,10,12H2,1-2H3/b15-11+. The van der Waals surface area contributed by atoms with Crippen LogP contribution in [0, 0.1) is 0 Å². The number of benzene rings is 1. The molecule has 1 heteroatoms. The Morgan fingerprint density at radius 3 is 2.38 bits per heavy atom. The van der Waals surface area contributed by atoms with Crippen LogP contribution in [0.2, 0.25) is 0 Å². The van der Waals surface area contributed by atoms with Gasteiger partial charge in [-0.3, -0.25) is 0 Å². The van der Waals surface area contributed by atoms with Crippen molar-refractivity contribution in [2.24, 2.45) is 0 Å². The van der Waals surface area contributed by atoms with Crippen LogP contribution in [0.15, 0.2) is 48.1 Å². The predicted molar refractivity (Wildman–Crippen MR) is 70.2 cm³/mol. The lowest BCUT2D eigenvalue weighted by Crippen LogP contribution is -1.87. The van der Waals surface area contributed by atoms with E-state index in [1.54, 1.807) is 0 Å². The second-order valence-electron chi connectivity index (χ2n) is 4.10. The zero-order valence-electron chi connectivity index (χ0n) is 10.1. The molecule has 1 rings (SSSR count). The minimum absolute atomic E-state index is 0.110. The van der Waals surface area contributed by atoms with Gasteiger partial charge in [-0.1, -0.05) is 48.1 Å². The smallest absolute Gasteiger partial charge is 0.0618 e. The minimum Gasteiger partial charge on any atom is -0.392 e. The molecule has 0 heterocycles. The van der Waals surface area contributed by atoms with Crippen LogP contribution in [-0.2, 0) is 0 Å². The highest BCUT2D eigenvalue weighted by molar-refractivity contribution is 5.65. The monoisotopic (exact) mass is 216 g/mol. The first-order chi connectivity index (χ1) is 7.74. The number of rotatable bonds is 5. The minimum atomic E-state index is 0.110. The highest BCUT2D eigenvalue weighted by atomic mass is 16.2. The van der Waals surface area contributed by atoms with E-state index in [4.69, 9.17) is 5.11 Å². The molecule has 86 valence electrons. The van der Waals surface area contributed by atoms with Gasteiger partial charge in [0, 0.05) is 0 Å². The van der Waals surface area contributed by atoms with Gasteiger partial charge in [0.1, 0.15) is 0 Å². The summed E-state index contributed by atoms with van der Waals surface area (Å²) in [5.41, 5.74) is 3.77. The van der Waals surface area contributed by atoms with Crippen LogP contribution in [0.3, 0.4) is 0 Å². The van der Waals surface area contributed by atoms with E-state index in [1.165, 1.54) is 16.7 Å². The SMILES string of the molecule is CC(C)=CCC/C(=C\CO)c1ccccc1. The Labute approximate surface area is 98.1 Å². The lowest BCUT2D eigenvalue weighted by Gasteiger charge is -2.06. The molecular weight excluding hydrogens is 196 g/mol. The summed E-state index contributed by atoms with van der Waals surface area (Å²) in [5.74, 6) is 0. The maximum absolute atomic E-state index is 9.01. The molecule has 1 aromatic rings. The highest BCUT2D eigenvalue weighted by Gasteiger charge is 1.99. The molecule has 1 nitrogen and oxygen atoms in total. The van der Waals surface area contributed by atoms with Crippen molar-refractivity contribution in [2.75, 3.05) is 6.61 Å². The molecule has 16 heavy (non-hydrogen) atoms. The van der Waals surface area contributed by atoms with Crippen LogP contribution in [0.4, 0.5) is 0 Å². The van der Waals surface area contributed by atoms with Crippen molar-refractivity contribution < 1.29 is 5.11 Å². The Morgan fingerprint density at radius 2 is 1.81 bits per heavy atom. The first-order valence-electron chi connectivity index (χ1n) is 5.72. The maximum atomic E-state index is 9.01. The molecule has 0 aliphatic heterocycles. The van der Waals surface area contributed by atoms with Crippen molar-refractivity contribution in [1.29, 1.82) is 0 Å². The van der Waals surface area contributed by atoms with Crippen molar-refractivity contribution in [3.63, 3.8) is 0 Å². The van der Waals surface area contributed by atoms with Gasteiger partial charge >= 0.3 is 0 Å². The van der Waals surface area contributed by atoms with E-state index in [2.05, 4.69) is 32.1 Å². The fraction of sp³-hybridized carbons (Fsp3) is 0.333. The Kier molecular flexibility index (Phi) is 5.58. The summed E-state index contributed by atoms with van der Waals surface area (Å²) in [6.07, 6.45) is 6.14. The molecule has 0 fully saturated rings. The second-order valence-corrected chi connectivity index (χ2v) is 4.10. The third-order valence-corrected chi connectivity index (χ3v) is 2.45. The van der Waals surface area contributed by atoms with Crippen molar-refractivity contribution in [2.45, 2.75) is 26.7 Å². The Balaban J connectivity index is 2.70. The summed E-state index contributed by atoms with van der Waals surface area (Å²) in [4.78, 5) is 0. The van der Waals surface area contributed by atoms with Gasteiger partial charge in [0.15, 0.2) is 0 Å². The summed E-state index contributed by atoms with van der Waals surface area (Å²) in [6, 6.07) is 10.2. The fourth-order valence-electron chi connectivity index (χ4n) is 1.64. The topological polar surface area (TPSA) is 20.2 Å². The van der Waals surface area contributed by atoms with E-state index in [0.717, 1.165) is 12.8 Å². The molecule has 0 aromatic heterocycles. The van der Waals surface area contributed by atoms with Gasteiger partial charge in [0.2, 0.25) is 0 Å². The summed E-state index contributed by atoms with van der Waals surface area (Å²) in [5, 5.41) is 9.01. The van der Waals surface area contributed by atoms with Crippen LogP contribution in [0.25, 0.3) is 5.57 Å². The number of aliphatic hydroxyl groups is 1. The van der Waals surface area contributed by atoms with Crippen molar-refractivity contribution >= 4 is 5.57 Å². The van der Waals surface area contributed by atoms with Gasteiger partial charge in [0.05, 0.1) is 6.61 Å². The number of hydrogen-bond donors (Lipinski definition) is 1. The van der Waals surface area contributed by atoms with E-state index >= 15 is 0 Å².